The number of nitrogens with zero attached hydrogens (tertiary/aromatic N) is 3. The lowest BCUT2D eigenvalue weighted by molar-refractivity contribution is 0.0791. The first-order chi connectivity index (χ1) is 12.8. The molecule has 6 heteroatoms. The van der Waals surface area contributed by atoms with Crippen LogP contribution >= 0.6 is 0 Å². The lowest BCUT2D eigenvalue weighted by Gasteiger charge is -2.15. The van der Waals surface area contributed by atoms with Crippen molar-refractivity contribution >= 4 is 24.8 Å². The van der Waals surface area contributed by atoms with Gasteiger partial charge in [-0.1, -0.05) is 31.8 Å². The van der Waals surface area contributed by atoms with Crippen molar-refractivity contribution in [2.75, 3.05) is 6.61 Å². The van der Waals surface area contributed by atoms with Crippen LogP contribution in [0, 0.1) is 6.92 Å². The smallest absolute Gasteiger partial charge is 0.185 e. The van der Waals surface area contributed by atoms with E-state index in [2.05, 4.69) is 29.7 Å². The molecule has 2 aromatic heterocycles. The van der Waals surface area contributed by atoms with Gasteiger partial charge in [-0.3, -0.25) is 9.78 Å². The zero-order valence-corrected chi connectivity index (χ0v) is 17.5. The van der Waals surface area contributed by atoms with Crippen LogP contribution in [-0.4, -0.2) is 35.2 Å². The van der Waals surface area contributed by atoms with Crippen LogP contribution in [0.4, 0.5) is 0 Å². The predicted octanol–water partition coefficient (Wildman–Crippen LogP) is 4.48. The fourth-order valence-corrected chi connectivity index (χ4v) is 3.70. The molecule has 0 saturated heterocycles. The van der Waals surface area contributed by atoms with E-state index in [4.69, 9.17) is 4.74 Å². The van der Waals surface area contributed by atoms with E-state index in [0.29, 0.717) is 18.8 Å². The molecule has 0 atom stereocenters. The van der Waals surface area contributed by atoms with E-state index < -0.39 is 8.07 Å². The van der Waals surface area contributed by atoms with Crippen molar-refractivity contribution in [1.82, 2.24) is 14.8 Å². The van der Waals surface area contributed by atoms with Crippen molar-refractivity contribution in [3.05, 3.63) is 59.5 Å². The SMILES string of the molecule is Cc1cc(CC(=O)c2ccccn2)cc2cn(COCC[Si](C)(C)C)nc12. The van der Waals surface area contributed by atoms with Gasteiger partial charge in [-0.15, -0.1) is 0 Å². The lowest BCUT2D eigenvalue weighted by Crippen LogP contribution is -2.22. The first kappa shape index (κ1) is 19.4. The van der Waals surface area contributed by atoms with E-state index in [0.717, 1.165) is 34.7 Å². The summed E-state index contributed by atoms with van der Waals surface area (Å²) in [4.78, 5) is 16.6. The van der Waals surface area contributed by atoms with E-state index in [1.54, 1.807) is 12.3 Å². The number of benzene rings is 1. The molecule has 0 unspecified atom stereocenters. The standard InChI is InChI=1S/C21H27N3O2Si/c1-16-11-17(13-20(25)19-7-5-6-8-22-19)12-18-14-24(23-21(16)18)15-26-9-10-27(2,3)4/h5-8,11-12,14H,9-10,13,15H2,1-4H3. The van der Waals surface area contributed by atoms with E-state index in [-0.39, 0.29) is 5.78 Å². The molecule has 1 aromatic carbocycles. The van der Waals surface area contributed by atoms with Gasteiger partial charge in [-0.25, -0.2) is 4.68 Å². The first-order valence-electron chi connectivity index (χ1n) is 9.30. The largest absolute Gasteiger partial charge is 0.360 e. The Morgan fingerprint density at radius 3 is 2.74 bits per heavy atom. The van der Waals surface area contributed by atoms with Crippen LogP contribution in [0.5, 0.6) is 0 Å². The summed E-state index contributed by atoms with van der Waals surface area (Å²) < 4.78 is 7.63. The molecule has 0 aliphatic heterocycles. The second-order valence-electron chi connectivity index (χ2n) is 8.18. The Hall–Kier alpha value is -2.31. The zero-order valence-electron chi connectivity index (χ0n) is 16.5. The number of hydrogen-bond donors (Lipinski definition) is 0. The van der Waals surface area contributed by atoms with E-state index >= 15 is 0 Å². The van der Waals surface area contributed by atoms with Crippen LogP contribution in [0.25, 0.3) is 10.9 Å². The van der Waals surface area contributed by atoms with Gasteiger partial charge in [0.2, 0.25) is 0 Å². The molecular weight excluding hydrogens is 354 g/mol. The number of fused-ring (bicyclic) bond motifs is 1. The van der Waals surface area contributed by atoms with Gasteiger partial charge in [0.1, 0.15) is 12.4 Å². The number of ketones is 1. The highest BCUT2D eigenvalue weighted by atomic mass is 28.3. The minimum atomic E-state index is -1.08. The molecule has 0 aliphatic carbocycles. The third-order valence-corrected chi connectivity index (χ3v) is 6.15. The molecule has 0 bridgehead atoms. The second kappa shape index (κ2) is 8.15. The number of carbonyl (C=O) groups is 1. The Kier molecular flexibility index (Phi) is 5.87. The summed E-state index contributed by atoms with van der Waals surface area (Å²) in [6, 6.07) is 10.6. The van der Waals surface area contributed by atoms with Gasteiger partial charge < -0.3 is 4.74 Å². The summed E-state index contributed by atoms with van der Waals surface area (Å²) in [6.07, 6.45) is 3.98. The number of aromatic nitrogens is 3. The molecule has 0 fully saturated rings. The summed E-state index contributed by atoms with van der Waals surface area (Å²) in [5, 5.41) is 5.67. The molecule has 0 radical (unpaired) electrons. The van der Waals surface area contributed by atoms with Crippen LogP contribution < -0.4 is 0 Å². The van der Waals surface area contributed by atoms with Crippen molar-refractivity contribution in [3.63, 3.8) is 0 Å². The van der Waals surface area contributed by atoms with Crippen molar-refractivity contribution in [2.24, 2.45) is 0 Å². The van der Waals surface area contributed by atoms with E-state index in [9.17, 15) is 4.79 Å². The topological polar surface area (TPSA) is 57.0 Å². The molecule has 142 valence electrons. The Morgan fingerprint density at radius 1 is 1.22 bits per heavy atom. The van der Waals surface area contributed by atoms with Crippen LogP contribution in [0.2, 0.25) is 25.7 Å². The number of pyridine rings is 1. The predicted molar refractivity (Wildman–Crippen MR) is 111 cm³/mol. The van der Waals surface area contributed by atoms with Crippen LogP contribution in [0.1, 0.15) is 21.6 Å². The van der Waals surface area contributed by atoms with Crippen LogP contribution in [-0.2, 0) is 17.9 Å². The molecule has 0 saturated carbocycles. The summed E-state index contributed by atoms with van der Waals surface area (Å²) in [5.74, 6) is 0.0245. The average molecular weight is 382 g/mol. The number of Topliss-reactive ketones (excluding diaryl/α,β-unsaturated/α-hetero) is 1. The maximum atomic E-state index is 12.4. The third-order valence-electron chi connectivity index (χ3n) is 4.44. The molecule has 0 N–H and O–H groups in total. The summed E-state index contributed by atoms with van der Waals surface area (Å²) in [6.45, 7) is 10.3. The van der Waals surface area contributed by atoms with E-state index in [1.165, 1.54) is 0 Å². The van der Waals surface area contributed by atoms with Crippen molar-refractivity contribution in [2.45, 2.75) is 45.8 Å². The summed E-state index contributed by atoms with van der Waals surface area (Å²) in [7, 11) is -1.08. The maximum Gasteiger partial charge on any atom is 0.185 e. The fourth-order valence-electron chi connectivity index (χ4n) is 2.95. The molecular formula is C21H27N3O2Si. The lowest BCUT2D eigenvalue weighted by atomic mass is 10.0. The minimum Gasteiger partial charge on any atom is -0.360 e. The van der Waals surface area contributed by atoms with Gasteiger partial charge in [0.05, 0.1) is 5.52 Å². The minimum absolute atomic E-state index is 0.0245. The molecule has 27 heavy (non-hydrogen) atoms. The quantitative estimate of drug-likeness (QED) is 0.328. The Balaban J connectivity index is 1.70. The number of rotatable bonds is 8. The highest BCUT2D eigenvalue weighted by molar-refractivity contribution is 6.76. The van der Waals surface area contributed by atoms with Gasteiger partial charge in [-0.2, -0.15) is 5.10 Å². The number of aryl methyl sites for hydroxylation is 1. The van der Waals surface area contributed by atoms with Crippen LogP contribution in [0.3, 0.4) is 0 Å². The zero-order chi connectivity index (χ0) is 19.4. The molecule has 0 spiro atoms. The van der Waals surface area contributed by atoms with Crippen molar-refractivity contribution < 1.29 is 9.53 Å². The normalized spacial score (nSPS) is 11.9. The number of hydrogen-bond acceptors (Lipinski definition) is 4. The molecule has 2 heterocycles. The average Bonchev–Trinajstić information content (AvgIpc) is 3.02. The first-order valence-corrected chi connectivity index (χ1v) is 13.0. The number of ether oxygens (including phenoxy) is 1. The van der Waals surface area contributed by atoms with Crippen molar-refractivity contribution in [3.8, 4) is 0 Å². The highest BCUT2D eigenvalue weighted by Gasteiger charge is 2.13. The van der Waals surface area contributed by atoms with Crippen LogP contribution in [0.15, 0.2) is 42.7 Å². The maximum absolute atomic E-state index is 12.4. The Morgan fingerprint density at radius 2 is 2.04 bits per heavy atom. The van der Waals surface area contributed by atoms with Gasteiger partial charge in [0, 0.05) is 38.9 Å². The molecule has 0 aliphatic rings. The third kappa shape index (κ3) is 5.34. The Labute approximate surface area is 161 Å². The molecule has 0 amide bonds. The second-order valence-corrected chi connectivity index (χ2v) is 13.8. The molecule has 3 aromatic rings. The van der Waals surface area contributed by atoms with Gasteiger partial charge in [0.25, 0.3) is 0 Å². The van der Waals surface area contributed by atoms with Gasteiger partial charge in [-0.05, 0) is 42.3 Å². The summed E-state index contributed by atoms with van der Waals surface area (Å²) in [5.41, 5.74) is 3.51. The monoisotopic (exact) mass is 381 g/mol. The van der Waals surface area contributed by atoms with Crippen molar-refractivity contribution in [1.29, 1.82) is 0 Å². The van der Waals surface area contributed by atoms with Gasteiger partial charge in [0.15, 0.2) is 5.78 Å². The highest BCUT2D eigenvalue weighted by Crippen LogP contribution is 2.20. The van der Waals surface area contributed by atoms with E-state index in [1.807, 2.05) is 42.1 Å². The Bertz CT molecular complexity index is 930. The molecule has 3 rings (SSSR count). The molecule has 5 nitrogen and oxygen atoms in total. The van der Waals surface area contributed by atoms with Gasteiger partial charge >= 0.3 is 0 Å². The number of carbonyl (C=O) groups excluding carboxylic acids is 1. The fraction of sp³-hybridized carbons (Fsp3) is 0.381. The summed E-state index contributed by atoms with van der Waals surface area (Å²) >= 11 is 0.